The Labute approximate surface area is 109 Å². The number of aryl methyl sites for hydroxylation is 2. The minimum atomic E-state index is -4.39. The maximum atomic E-state index is 13.7. The highest BCUT2D eigenvalue weighted by atomic mass is 19.4. The number of hydrogen-bond acceptors (Lipinski definition) is 2. The summed E-state index contributed by atoms with van der Waals surface area (Å²) in [5.74, 6) is -0.555. The van der Waals surface area contributed by atoms with Gasteiger partial charge < -0.3 is 9.84 Å². The number of aliphatic hydroxyl groups is 1. The number of alkyl halides is 3. The number of hydrogen-bond donors (Lipinski definition) is 1. The van der Waals surface area contributed by atoms with Crippen LogP contribution in [0.25, 0.3) is 0 Å². The van der Waals surface area contributed by atoms with Crippen LogP contribution < -0.4 is 0 Å². The van der Waals surface area contributed by atoms with E-state index in [1.165, 1.54) is 6.07 Å². The first kappa shape index (κ1) is 15.9. The van der Waals surface area contributed by atoms with Gasteiger partial charge in [0, 0.05) is 18.6 Å². The number of ether oxygens (including phenoxy) is 1. The highest BCUT2D eigenvalue weighted by molar-refractivity contribution is 5.33. The number of benzene rings is 1. The van der Waals surface area contributed by atoms with Gasteiger partial charge >= 0.3 is 6.18 Å². The van der Waals surface area contributed by atoms with E-state index < -0.39 is 24.7 Å². The van der Waals surface area contributed by atoms with Crippen molar-refractivity contribution in [3.63, 3.8) is 0 Å². The molecule has 108 valence electrons. The van der Waals surface area contributed by atoms with E-state index in [1.807, 2.05) is 0 Å². The molecule has 0 fully saturated rings. The molecule has 0 aromatic heterocycles. The molecule has 0 aliphatic carbocycles. The van der Waals surface area contributed by atoms with Crippen LogP contribution in [-0.4, -0.2) is 24.5 Å². The first-order valence-electron chi connectivity index (χ1n) is 5.80. The van der Waals surface area contributed by atoms with E-state index in [9.17, 15) is 22.7 Å². The largest absolute Gasteiger partial charge is 0.411 e. The quantitative estimate of drug-likeness (QED) is 0.661. The molecule has 0 bridgehead atoms. The lowest BCUT2D eigenvalue weighted by Crippen LogP contribution is -2.18. The van der Waals surface area contributed by atoms with Gasteiger partial charge in [-0.05, 0) is 31.0 Å². The lowest BCUT2D eigenvalue weighted by Gasteiger charge is -2.16. The molecule has 1 aromatic carbocycles. The zero-order chi connectivity index (χ0) is 14.6. The first-order chi connectivity index (χ1) is 8.70. The summed E-state index contributed by atoms with van der Waals surface area (Å²) in [5.41, 5.74) is 1.40. The second kappa shape index (κ2) is 6.34. The zero-order valence-corrected chi connectivity index (χ0v) is 10.7. The molecule has 0 amide bonds. The Hall–Kier alpha value is -1.14. The maximum Gasteiger partial charge on any atom is 0.411 e. The minimum Gasteiger partial charge on any atom is -0.388 e. The first-order valence-corrected chi connectivity index (χ1v) is 5.80. The highest BCUT2D eigenvalue weighted by Crippen LogP contribution is 2.25. The normalized spacial score (nSPS) is 13.6. The van der Waals surface area contributed by atoms with Crippen molar-refractivity contribution in [2.24, 2.45) is 0 Å². The van der Waals surface area contributed by atoms with Gasteiger partial charge in [0.2, 0.25) is 0 Å². The fourth-order valence-corrected chi connectivity index (χ4v) is 1.88. The van der Waals surface area contributed by atoms with Crippen LogP contribution in [0.4, 0.5) is 17.6 Å². The van der Waals surface area contributed by atoms with Crippen molar-refractivity contribution in [2.45, 2.75) is 32.5 Å². The molecule has 0 spiro atoms. The van der Waals surface area contributed by atoms with E-state index in [4.69, 9.17) is 0 Å². The molecule has 1 N–H and O–H groups in total. The van der Waals surface area contributed by atoms with Crippen LogP contribution in [0.5, 0.6) is 0 Å². The third kappa shape index (κ3) is 5.16. The van der Waals surface area contributed by atoms with Crippen LogP contribution in [-0.2, 0) is 4.74 Å². The molecule has 0 aliphatic rings. The molecule has 0 radical (unpaired) electrons. The Morgan fingerprint density at radius 1 is 1.26 bits per heavy atom. The summed E-state index contributed by atoms with van der Waals surface area (Å²) in [4.78, 5) is 0. The molecule has 1 rings (SSSR count). The number of aliphatic hydroxyl groups excluding tert-OH is 1. The van der Waals surface area contributed by atoms with Crippen molar-refractivity contribution < 1.29 is 27.4 Å². The van der Waals surface area contributed by atoms with E-state index in [1.54, 1.807) is 19.9 Å². The summed E-state index contributed by atoms with van der Waals surface area (Å²) in [6.45, 7) is 1.71. The van der Waals surface area contributed by atoms with E-state index in [0.29, 0.717) is 5.56 Å². The van der Waals surface area contributed by atoms with Crippen LogP contribution in [0.2, 0.25) is 0 Å². The summed E-state index contributed by atoms with van der Waals surface area (Å²) < 4.78 is 53.6. The van der Waals surface area contributed by atoms with Crippen molar-refractivity contribution in [3.8, 4) is 0 Å². The zero-order valence-electron chi connectivity index (χ0n) is 10.7. The molecule has 0 heterocycles. The number of rotatable bonds is 5. The smallest absolute Gasteiger partial charge is 0.388 e. The molecule has 1 atom stereocenters. The Morgan fingerprint density at radius 2 is 1.89 bits per heavy atom. The van der Waals surface area contributed by atoms with E-state index in [0.717, 1.165) is 5.56 Å². The lowest BCUT2D eigenvalue weighted by molar-refractivity contribution is -0.175. The van der Waals surface area contributed by atoms with Gasteiger partial charge in [0.05, 0.1) is 6.10 Å². The van der Waals surface area contributed by atoms with Crippen molar-refractivity contribution in [1.29, 1.82) is 0 Å². The predicted molar refractivity (Wildman–Crippen MR) is 62.3 cm³/mol. The molecule has 1 aromatic rings. The highest BCUT2D eigenvalue weighted by Gasteiger charge is 2.27. The molecule has 0 saturated carbocycles. The third-order valence-corrected chi connectivity index (χ3v) is 2.62. The van der Waals surface area contributed by atoms with Gasteiger partial charge in [0.25, 0.3) is 0 Å². The molecular weight excluding hydrogens is 264 g/mol. The molecule has 2 nitrogen and oxygen atoms in total. The molecule has 1 unspecified atom stereocenters. The van der Waals surface area contributed by atoms with Crippen LogP contribution >= 0.6 is 0 Å². The van der Waals surface area contributed by atoms with E-state index in [-0.39, 0.29) is 18.6 Å². The fourth-order valence-electron chi connectivity index (χ4n) is 1.88. The minimum absolute atomic E-state index is 0.0864. The van der Waals surface area contributed by atoms with Crippen LogP contribution in [0.1, 0.15) is 29.2 Å². The van der Waals surface area contributed by atoms with Gasteiger partial charge in [-0.15, -0.1) is 0 Å². The summed E-state index contributed by atoms with van der Waals surface area (Å²) in [6.07, 6.45) is -5.65. The monoisotopic (exact) mass is 280 g/mol. The van der Waals surface area contributed by atoms with Gasteiger partial charge in [-0.25, -0.2) is 4.39 Å². The lowest BCUT2D eigenvalue weighted by atomic mass is 9.98. The van der Waals surface area contributed by atoms with Gasteiger partial charge in [-0.1, -0.05) is 6.07 Å². The van der Waals surface area contributed by atoms with Crippen LogP contribution in [0.3, 0.4) is 0 Å². The molecule has 6 heteroatoms. The molecule has 0 saturated heterocycles. The summed E-state index contributed by atoms with van der Waals surface area (Å²) >= 11 is 0. The molecular formula is C13H16F4O2. The fraction of sp³-hybridized carbons (Fsp3) is 0.538. The topological polar surface area (TPSA) is 29.5 Å². The number of halogens is 4. The van der Waals surface area contributed by atoms with Crippen molar-refractivity contribution >= 4 is 0 Å². The van der Waals surface area contributed by atoms with Gasteiger partial charge in [0.1, 0.15) is 12.4 Å². The third-order valence-electron chi connectivity index (χ3n) is 2.62. The Bertz CT molecular complexity index is 406. The van der Waals surface area contributed by atoms with Crippen LogP contribution in [0.15, 0.2) is 12.1 Å². The maximum absolute atomic E-state index is 13.7. The second-order valence-corrected chi connectivity index (χ2v) is 4.45. The average molecular weight is 280 g/mol. The standard InChI is InChI=1S/C13H16F4O2/c1-8-5-9(2)12(10(14)6-8)11(18)3-4-19-7-13(15,16)17/h5-6,11,18H,3-4,7H2,1-2H3. The molecule has 19 heavy (non-hydrogen) atoms. The SMILES string of the molecule is Cc1cc(C)c(C(O)CCOCC(F)(F)F)c(F)c1. The summed E-state index contributed by atoms with van der Waals surface area (Å²) in [7, 11) is 0. The van der Waals surface area contributed by atoms with Gasteiger partial charge in [-0.3, -0.25) is 0 Å². The van der Waals surface area contributed by atoms with Crippen molar-refractivity contribution in [1.82, 2.24) is 0 Å². The Morgan fingerprint density at radius 3 is 2.42 bits per heavy atom. The van der Waals surface area contributed by atoms with Crippen molar-refractivity contribution in [2.75, 3.05) is 13.2 Å². The van der Waals surface area contributed by atoms with Gasteiger partial charge in [0.15, 0.2) is 0 Å². The predicted octanol–water partition coefficient (Wildman–Crippen LogP) is 3.44. The average Bonchev–Trinajstić information content (AvgIpc) is 2.21. The van der Waals surface area contributed by atoms with E-state index >= 15 is 0 Å². The van der Waals surface area contributed by atoms with E-state index in [2.05, 4.69) is 4.74 Å². The second-order valence-electron chi connectivity index (χ2n) is 4.45. The van der Waals surface area contributed by atoms with Crippen molar-refractivity contribution in [3.05, 3.63) is 34.6 Å². The Kier molecular flexibility index (Phi) is 5.31. The van der Waals surface area contributed by atoms with Gasteiger partial charge in [-0.2, -0.15) is 13.2 Å². The van der Waals surface area contributed by atoms with Crippen LogP contribution in [0, 0.1) is 19.7 Å². The molecule has 0 aliphatic heterocycles. The summed E-state index contributed by atoms with van der Waals surface area (Å²) in [5, 5.41) is 9.80. The summed E-state index contributed by atoms with van der Waals surface area (Å²) in [6, 6.07) is 2.99. The Balaban J connectivity index is 2.57.